The van der Waals surface area contributed by atoms with Crippen molar-refractivity contribution in [2.45, 2.75) is 13.5 Å². The van der Waals surface area contributed by atoms with Gasteiger partial charge in [0.15, 0.2) is 5.13 Å². The Morgan fingerprint density at radius 1 is 1.45 bits per heavy atom. The molecule has 2 heterocycles. The van der Waals surface area contributed by atoms with Crippen LogP contribution in [0.4, 0.5) is 5.13 Å². The zero-order chi connectivity index (χ0) is 15.7. The highest BCUT2D eigenvalue weighted by Crippen LogP contribution is 2.39. The van der Waals surface area contributed by atoms with Gasteiger partial charge in [0.05, 0.1) is 29.6 Å². The Labute approximate surface area is 136 Å². The molecular weight excluding hydrogens is 324 g/mol. The summed E-state index contributed by atoms with van der Waals surface area (Å²) in [5.74, 6) is 1.20. The van der Waals surface area contributed by atoms with Crippen molar-refractivity contribution < 1.29 is 13.9 Å². The van der Waals surface area contributed by atoms with Gasteiger partial charge in [0.2, 0.25) is 5.91 Å². The molecule has 7 heteroatoms. The topological polar surface area (TPSA) is 55.6 Å². The van der Waals surface area contributed by atoms with Gasteiger partial charge in [-0.25, -0.2) is 4.98 Å². The van der Waals surface area contributed by atoms with Gasteiger partial charge in [-0.05, 0) is 24.3 Å². The maximum Gasteiger partial charge on any atom is 0.226 e. The van der Waals surface area contributed by atoms with E-state index in [1.165, 1.54) is 18.3 Å². The van der Waals surface area contributed by atoms with Gasteiger partial charge in [0, 0.05) is 6.92 Å². The van der Waals surface area contributed by atoms with Crippen LogP contribution in [0, 0.1) is 0 Å². The van der Waals surface area contributed by atoms with Gasteiger partial charge < -0.3 is 9.15 Å². The lowest BCUT2D eigenvalue weighted by Gasteiger charge is -2.15. The number of hydrogen-bond donors (Lipinski definition) is 0. The summed E-state index contributed by atoms with van der Waals surface area (Å²) in [5.41, 5.74) is 0.653. The van der Waals surface area contributed by atoms with Gasteiger partial charge in [0.25, 0.3) is 0 Å². The van der Waals surface area contributed by atoms with Gasteiger partial charge >= 0.3 is 0 Å². The number of methoxy groups -OCH3 is 1. The van der Waals surface area contributed by atoms with Crippen molar-refractivity contribution in [3.8, 4) is 5.75 Å². The van der Waals surface area contributed by atoms with E-state index < -0.39 is 0 Å². The lowest BCUT2D eigenvalue weighted by atomic mass is 10.3. The fraction of sp³-hybridized carbons (Fsp3) is 0.200. The number of amides is 1. The van der Waals surface area contributed by atoms with Gasteiger partial charge in [0.1, 0.15) is 17.0 Å². The molecule has 0 bridgehead atoms. The van der Waals surface area contributed by atoms with E-state index in [1.54, 1.807) is 36.5 Å². The van der Waals surface area contributed by atoms with Gasteiger partial charge in [-0.1, -0.05) is 22.9 Å². The second kappa shape index (κ2) is 5.98. The average molecular weight is 337 g/mol. The SMILES string of the molecule is COc1ccc(Cl)c2sc(N(Cc3ccco3)C(C)=O)nc12. The van der Waals surface area contributed by atoms with Crippen LogP contribution in [0.25, 0.3) is 10.2 Å². The summed E-state index contributed by atoms with van der Waals surface area (Å²) in [6.45, 7) is 1.82. The van der Waals surface area contributed by atoms with E-state index in [0.717, 1.165) is 4.70 Å². The summed E-state index contributed by atoms with van der Waals surface area (Å²) in [5, 5.41) is 1.14. The van der Waals surface area contributed by atoms with Crippen molar-refractivity contribution in [2.75, 3.05) is 12.0 Å². The predicted octanol–water partition coefficient (Wildman–Crippen LogP) is 4.10. The Morgan fingerprint density at radius 3 is 2.91 bits per heavy atom. The molecule has 0 saturated carbocycles. The molecule has 3 rings (SSSR count). The molecule has 0 aliphatic rings. The predicted molar refractivity (Wildman–Crippen MR) is 86.8 cm³/mol. The highest BCUT2D eigenvalue weighted by molar-refractivity contribution is 7.23. The smallest absolute Gasteiger partial charge is 0.226 e. The minimum absolute atomic E-state index is 0.120. The molecule has 0 fully saturated rings. The minimum atomic E-state index is -0.120. The zero-order valence-corrected chi connectivity index (χ0v) is 13.6. The van der Waals surface area contributed by atoms with Crippen LogP contribution in [0.2, 0.25) is 5.02 Å². The van der Waals surface area contributed by atoms with Gasteiger partial charge in [-0.3, -0.25) is 9.69 Å². The van der Waals surface area contributed by atoms with Crippen molar-refractivity contribution in [1.82, 2.24) is 4.98 Å². The quantitative estimate of drug-likeness (QED) is 0.719. The molecule has 0 saturated heterocycles. The highest BCUT2D eigenvalue weighted by atomic mass is 35.5. The number of hydrogen-bond acceptors (Lipinski definition) is 5. The molecule has 0 unspecified atom stereocenters. The summed E-state index contributed by atoms with van der Waals surface area (Å²) in [4.78, 5) is 18.0. The first-order chi connectivity index (χ1) is 10.6. The largest absolute Gasteiger partial charge is 0.494 e. The first kappa shape index (κ1) is 14.9. The first-order valence-electron chi connectivity index (χ1n) is 6.53. The molecule has 5 nitrogen and oxygen atoms in total. The third-order valence-corrected chi connectivity index (χ3v) is 4.71. The maximum atomic E-state index is 12.0. The Hall–Kier alpha value is -2.05. The molecule has 2 aromatic heterocycles. The van der Waals surface area contributed by atoms with E-state index in [2.05, 4.69) is 4.98 Å². The lowest BCUT2D eigenvalue weighted by molar-refractivity contribution is -0.116. The number of carbonyl (C=O) groups excluding carboxylic acids is 1. The molecule has 3 aromatic rings. The zero-order valence-electron chi connectivity index (χ0n) is 12.0. The van der Waals surface area contributed by atoms with E-state index in [9.17, 15) is 4.79 Å². The average Bonchev–Trinajstić information content (AvgIpc) is 3.14. The van der Waals surface area contributed by atoms with E-state index in [1.807, 2.05) is 6.07 Å². The van der Waals surface area contributed by atoms with E-state index in [-0.39, 0.29) is 5.91 Å². The summed E-state index contributed by atoms with van der Waals surface area (Å²) in [6, 6.07) is 7.12. The van der Waals surface area contributed by atoms with Crippen LogP contribution >= 0.6 is 22.9 Å². The molecule has 0 atom stereocenters. The molecule has 0 radical (unpaired) electrons. The van der Waals surface area contributed by atoms with Crippen LogP contribution in [-0.2, 0) is 11.3 Å². The molecule has 1 amide bonds. The number of ether oxygens (including phenoxy) is 1. The van der Waals surface area contributed by atoms with Crippen molar-refractivity contribution >= 4 is 44.2 Å². The molecule has 0 spiro atoms. The van der Waals surface area contributed by atoms with Crippen LogP contribution in [0.5, 0.6) is 5.75 Å². The number of nitrogens with zero attached hydrogens (tertiary/aromatic N) is 2. The summed E-state index contributed by atoms with van der Waals surface area (Å²) in [6.07, 6.45) is 1.58. The number of benzene rings is 1. The fourth-order valence-corrected chi connectivity index (χ4v) is 3.39. The second-order valence-electron chi connectivity index (χ2n) is 4.61. The monoisotopic (exact) mass is 336 g/mol. The van der Waals surface area contributed by atoms with E-state index in [4.69, 9.17) is 20.8 Å². The molecule has 0 aliphatic heterocycles. The van der Waals surface area contributed by atoms with Crippen LogP contribution in [0.15, 0.2) is 34.9 Å². The van der Waals surface area contributed by atoms with Crippen LogP contribution in [0.1, 0.15) is 12.7 Å². The van der Waals surface area contributed by atoms with Crippen LogP contribution in [0.3, 0.4) is 0 Å². The van der Waals surface area contributed by atoms with Crippen LogP contribution < -0.4 is 9.64 Å². The Balaban J connectivity index is 2.06. The van der Waals surface area contributed by atoms with Crippen molar-refractivity contribution in [1.29, 1.82) is 0 Å². The van der Waals surface area contributed by atoms with Crippen molar-refractivity contribution in [2.24, 2.45) is 0 Å². The molecule has 22 heavy (non-hydrogen) atoms. The number of carbonyl (C=O) groups is 1. The summed E-state index contributed by atoms with van der Waals surface area (Å²) in [7, 11) is 1.58. The summed E-state index contributed by atoms with van der Waals surface area (Å²) < 4.78 is 11.4. The van der Waals surface area contributed by atoms with E-state index in [0.29, 0.717) is 33.7 Å². The second-order valence-corrected chi connectivity index (χ2v) is 5.99. The number of furan rings is 1. The normalized spacial score (nSPS) is 10.9. The van der Waals surface area contributed by atoms with Gasteiger partial charge in [-0.15, -0.1) is 0 Å². The van der Waals surface area contributed by atoms with Crippen molar-refractivity contribution in [3.63, 3.8) is 0 Å². The number of anilines is 1. The minimum Gasteiger partial charge on any atom is -0.494 e. The lowest BCUT2D eigenvalue weighted by Crippen LogP contribution is -2.27. The molecule has 0 N–H and O–H groups in total. The molecular formula is C15H13ClN2O3S. The standard InChI is InChI=1S/C15H13ClN2O3S/c1-9(19)18(8-10-4-3-7-21-10)15-17-13-12(20-2)6-5-11(16)14(13)22-15/h3-7H,8H2,1-2H3. The number of halogens is 1. The van der Waals surface area contributed by atoms with E-state index >= 15 is 0 Å². The van der Waals surface area contributed by atoms with Crippen molar-refractivity contribution in [3.05, 3.63) is 41.3 Å². The number of thiazole rings is 1. The first-order valence-corrected chi connectivity index (χ1v) is 7.73. The molecule has 0 aliphatic carbocycles. The maximum absolute atomic E-state index is 12.0. The Kier molecular flexibility index (Phi) is 4.04. The molecule has 1 aromatic carbocycles. The summed E-state index contributed by atoms with van der Waals surface area (Å²) >= 11 is 7.57. The number of aromatic nitrogens is 1. The highest BCUT2D eigenvalue weighted by Gasteiger charge is 2.20. The Morgan fingerprint density at radius 2 is 2.27 bits per heavy atom. The number of fused-ring (bicyclic) bond motifs is 1. The Bertz CT molecular complexity index is 814. The molecule has 114 valence electrons. The number of rotatable bonds is 4. The van der Waals surface area contributed by atoms with Gasteiger partial charge in [-0.2, -0.15) is 0 Å². The fourth-order valence-electron chi connectivity index (χ4n) is 2.09. The third-order valence-electron chi connectivity index (χ3n) is 3.17. The third kappa shape index (κ3) is 2.67. The van der Waals surface area contributed by atoms with Crippen LogP contribution in [-0.4, -0.2) is 18.0 Å².